The summed E-state index contributed by atoms with van der Waals surface area (Å²) < 4.78 is 2.35. The molecular formula is C16H30N4. The summed E-state index contributed by atoms with van der Waals surface area (Å²) in [4.78, 5) is 6.92. The van der Waals surface area contributed by atoms with Crippen molar-refractivity contribution in [1.82, 2.24) is 19.8 Å². The minimum absolute atomic E-state index is 0.516. The van der Waals surface area contributed by atoms with Crippen LogP contribution in [-0.2, 0) is 6.54 Å². The molecule has 0 spiro atoms. The molecule has 1 aliphatic heterocycles. The van der Waals surface area contributed by atoms with Gasteiger partial charge in [-0.3, -0.25) is 4.90 Å². The van der Waals surface area contributed by atoms with E-state index in [2.05, 4.69) is 46.9 Å². The summed E-state index contributed by atoms with van der Waals surface area (Å²) in [5.74, 6) is 0.701. The Labute approximate surface area is 123 Å². The second kappa shape index (κ2) is 7.79. The highest BCUT2D eigenvalue weighted by atomic mass is 15.2. The molecule has 20 heavy (non-hydrogen) atoms. The van der Waals surface area contributed by atoms with Crippen LogP contribution in [0.3, 0.4) is 0 Å². The zero-order chi connectivity index (χ0) is 14.4. The number of imidazole rings is 1. The van der Waals surface area contributed by atoms with Crippen molar-refractivity contribution in [2.45, 2.75) is 52.1 Å². The molecule has 1 aromatic heterocycles. The molecule has 2 atom stereocenters. The van der Waals surface area contributed by atoms with E-state index in [1.165, 1.54) is 37.9 Å². The van der Waals surface area contributed by atoms with Crippen LogP contribution in [0.4, 0.5) is 0 Å². The molecule has 0 aromatic carbocycles. The van der Waals surface area contributed by atoms with Crippen LogP contribution >= 0.6 is 0 Å². The van der Waals surface area contributed by atoms with E-state index >= 15 is 0 Å². The van der Waals surface area contributed by atoms with Crippen molar-refractivity contribution < 1.29 is 0 Å². The number of rotatable bonds is 7. The highest BCUT2D eigenvalue weighted by Crippen LogP contribution is 2.34. The lowest BCUT2D eigenvalue weighted by molar-refractivity contribution is 0.113. The van der Waals surface area contributed by atoms with Crippen molar-refractivity contribution >= 4 is 0 Å². The Morgan fingerprint density at radius 1 is 1.35 bits per heavy atom. The third-order valence-corrected chi connectivity index (χ3v) is 4.35. The molecule has 0 aliphatic carbocycles. The maximum absolute atomic E-state index is 4.40. The minimum atomic E-state index is 0.516. The maximum atomic E-state index is 4.40. The summed E-state index contributed by atoms with van der Waals surface area (Å²) in [6.07, 6.45) is 9.09. The van der Waals surface area contributed by atoms with E-state index in [4.69, 9.17) is 0 Å². The van der Waals surface area contributed by atoms with E-state index < -0.39 is 0 Å². The number of nitrogens with zero attached hydrogens (tertiary/aromatic N) is 3. The Hall–Kier alpha value is -0.870. The number of aromatic nitrogens is 2. The first-order valence-corrected chi connectivity index (χ1v) is 8.18. The molecule has 4 heteroatoms. The molecule has 1 aliphatic rings. The molecule has 114 valence electrons. The Bertz CT molecular complexity index is 388. The van der Waals surface area contributed by atoms with Crippen LogP contribution in [0, 0.1) is 5.92 Å². The van der Waals surface area contributed by atoms with Gasteiger partial charge in [0.15, 0.2) is 0 Å². The summed E-state index contributed by atoms with van der Waals surface area (Å²) in [5, 5.41) is 3.61. The molecule has 2 unspecified atom stereocenters. The Morgan fingerprint density at radius 2 is 2.20 bits per heavy atom. The van der Waals surface area contributed by atoms with Crippen LogP contribution in [0.15, 0.2) is 12.5 Å². The van der Waals surface area contributed by atoms with Gasteiger partial charge in [-0.15, -0.1) is 0 Å². The van der Waals surface area contributed by atoms with E-state index in [1.54, 1.807) is 0 Å². The highest BCUT2D eigenvalue weighted by Gasteiger charge is 2.32. The Morgan fingerprint density at radius 3 is 2.95 bits per heavy atom. The predicted octanol–water partition coefficient (Wildman–Crippen LogP) is 2.68. The minimum Gasteiger partial charge on any atom is -0.333 e. The average molecular weight is 278 g/mol. The first-order valence-electron chi connectivity index (χ1n) is 8.18. The molecule has 1 aromatic rings. The van der Waals surface area contributed by atoms with Gasteiger partial charge in [0.05, 0.1) is 18.1 Å². The molecule has 0 bridgehead atoms. The summed E-state index contributed by atoms with van der Waals surface area (Å²) in [6, 6.07) is 0.516. The fraction of sp³-hybridized carbons (Fsp3) is 0.812. The maximum Gasteiger partial charge on any atom is 0.0948 e. The Kier molecular flexibility index (Phi) is 6.05. The van der Waals surface area contributed by atoms with Gasteiger partial charge in [0, 0.05) is 12.7 Å². The van der Waals surface area contributed by atoms with Gasteiger partial charge in [-0.25, -0.2) is 4.98 Å². The van der Waals surface area contributed by atoms with Crippen LogP contribution in [-0.4, -0.2) is 41.1 Å². The summed E-state index contributed by atoms with van der Waals surface area (Å²) in [5.41, 5.74) is 1.40. The summed E-state index contributed by atoms with van der Waals surface area (Å²) >= 11 is 0. The van der Waals surface area contributed by atoms with Crippen LogP contribution in [0.1, 0.15) is 51.3 Å². The van der Waals surface area contributed by atoms with Gasteiger partial charge in [-0.2, -0.15) is 0 Å². The number of piperidine rings is 1. The molecular weight excluding hydrogens is 248 g/mol. The van der Waals surface area contributed by atoms with Crippen molar-refractivity contribution in [1.29, 1.82) is 0 Å². The lowest BCUT2D eigenvalue weighted by Crippen LogP contribution is -2.41. The SMILES string of the molecule is CCCNCC1CCCN(C)C1c1cncn1CCC. The zero-order valence-electron chi connectivity index (χ0n) is 13.3. The van der Waals surface area contributed by atoms with E-state index in [-0.39, 0.29) is 0 Å². The van der Waals surface area contributed by atoms with E-state index in [9.17, 15) is 0 Å². The third-order valence-electron chi connectivity index (χ3n) is 4.35. The average Bonchev–Trinajstić information content (AvgIpc) is 2.88. The zero-order valence-corrected chi connectivity index (χ0v) is 13.3. The molecule has 0 radical (unpaired) electrons. The molecule has 1 N–H and O–H groups in total. The Balaban J connectivity index is 2.11. The van der Waals surface area contributed by atoms with E-state index in [0.29, 0.717) is 12.0 Å². The second-order valence-electron chi connectivity index (χ2n) is 6.04. The molecule has 1 saturated heterocycles. The van der Waals surface area contributed by atoms with Gasteiger partial charge in [-0.05, 0) is 58.3 Å². The lowest BCUT2D eigenvalue weighted by Gasteiger charge is -2.39. The smallest absolute Gasteiger partial charge is 0.0948 e. The van der Waals surface area contributed by atoms with Crippen LogP contribution in [0.25, 0.3) is 0 Å². The molecule has 2 rings (SSSR count). The first kappa shape index (κ1) is 15.5. The van der Waals surface area contributed by atoms with Crippen molar-refractivity contribution in [3.05, 3.63) is 18.2 Å². The monoisotopic (exact) mass is 278 g/mol. The standard InChI is InChI=1S/C16H30N4/c1-4-8-17-11-14-7-6-10-19(3)16(14)15-12-18-13-20(15)9-5-2/h12-14,16-17H,4-11H2,1-3H3. The number of nitrogens with one attached hydrogen (secondary N) is 1. The van der Waals surface area contributed by atoms with Crippen molar-refractivity contribution in [3.8, 4) is 0 Å². The fourth-order valence-corrected chi connectivity index (χ4v) is 3.41. The van der Waals surface area contributed by atoms with Crippen molar-refractivity contribution in [3.63, 3.8) is 0 Å². The van der Waals surface area contributed by atoms with Crippen molar-refractivity contribution in [2.75, 3.05) is 26.7 Å². The fourth-order valence-electron chi connectivity index (χ4n) is 3.41. The molecule has 1 fully saturated rings. The number of aryl methyl sites for hydroxylation is 1. The molecule has 4 nitrogen and oxygen atoms in total. The molecule has 0 amide bonds. The van der Waals surface area contributed by atoms with Crippen LogP contribution in [0.5, 0.6) is 0 Å². The third kappa shape index (κ3) is 3.61. The van der Waals surface area contributed by atoms with E-state index in [0.717, 1.165) is 19.6 Å². The predicted molar refractivity (Wildman–Crippen MR) is 83.8 cm³/mol. The van der Waals surface area contributed by atoms with Gasteiger partial charge in [0.25, 0.3) is 0 Å². The van der Waals surface area contributed by atoms with Gasteiger partial charge >= 0.3 is 0 Å². The van der Waals surface area contributed by atoms with E-state index in [1.807, 2.05) is 6.33 Å². The van der Waals surface area contributed by atoms with Crippen LogP contribution < -0.4 is 5.32 Å². The number of hydrogen-bond acceptors (Lipinski definition) is 3. The second-order valence-corrected chi connectivity index (χ2v) is 6.04. The topological polar surface area (TPSA) is 33.1 Å². The summed E-state index contributed by atoms with van der Waals surface area (Å²) in [7, 11) is 2.26. The largest absolute Gasteiger partial charge is 0.333 e. The van der Waals surface area contributed by atoms with Gasteiger partial charge < -0.3 is 9.88 Å². The summed E-state index contributed by atoms with van der Waals surface area (Å²) in [6.45, 7) is 8.99. The number of hydrogen-bond donors (Lipinski definition) is 1. The quantitative estimate of drug-likeness (QED) is 0.779. The van der Waals surface area contributed by atoms with Gasteiger partial charge in [0.1, 0.15) is 0 Å². The van der Waals surface area contributed by atoms with Crippen molar-refractivity contribution in [2.24, 2.45) is 5.92 Å². The molecule has 2 heterocycles. The number of likely N-dealkylation sites (tertiary alicyclic amines) is 1. The lowest BCUT2D eigenvalue weighted by atomic mass is 9.87. The van der Waals surface area contributed by atoms with Gasteiger partial charge in [-0.1, -0.05) is 13.8 Å². The first-order chi connectivity index (χ1) is 9.77. The van der Waals surface area contributed by atoms with Crippen LogP contribution in [0.2, 0.25) is 0 Å². The van der Waals surface area contributed by atoms with Gasteiger partial charge in [0.2, 0.25) is 0 Å². The normalized spacial score (nSPS) is 24.1. The molecule has 0 saturated carbocycles. The highest BCUT2D eigenvalue weighted by molar-refractivity contribution is 5.09.